The molecule has 0 radical (unpaired) electrons. The van der Waals surface area contributed by atoms with Gasteiger partial charge < -0.3 is 28.5 Å². The number of hydrogen-bond acceptors (Lipinski definition) is 1. The van der Waals surface area contributed by atoms with Gasteiger partial charge in [-0.2, -0.15) is 0 Å². The van der Waals surface area contributed by atoms with Crippen LogP contribution in [0.1, 0.15) is 0 Å². The van der Waals surface area contributed by atoms with Gasteiger partial charge in [0.2, 0.25) is 0 Å². The fourth-order valence-electron chi connectivity index (χ4n) is 1.08. The molecule has 2 heterocycles. The SMILES string of the molecule is C[n+]1ccc(-n2ccnc2)cc1.[I-]. The van der Waals surface area contributed by atoms with Gasteiger partial charge in [0.25, 0.3) is 0 Å². The molecule has 13 heavy (non-hydrogen) atoms. The van der Waals surface area contributed by atoms with Gasteiger partial charge in [-0.05, 0) is 0 Å². The van der Waals surface area contributed by atoms with Crippen molar-refractivity contribution in [2.45, 2.75) is 0 Å². The summed E-state index contributed by atoms with van der Waals surface area (Å²) < 4.78 is 3.97. The minimum absolute atomic E-state index is 0. The Morgan fingerprint density at radius 2 is 2.00 bits per heavy atom. The standard InChI is InChI=1S/C9H10N3.HI/c1-11-5-2-9(3-6-11)12-7-4-10-8-12;/h2-8H,1H3;1H/q+1;/p-1. The Hall–Kier alpha value is -0.910. The molecule has 0 N–H and O–H groups in total. The fraction of sp³-hybridized carbons (Fsp3) is 0.111. The third-order valence-corrected chi connectivity index (χ3v) is 1.76. The summed E-state index contributed by atoms with van der Waals surface area (Å²) in [4.78, 5) is 3.98. The molecular weight excluding hydrogens is 277 g/mol. The van der Waals surface area contributed by atoms with Crippen molar-refractivity contribution in [1.82, 2.24) is 9.55 Å². The van der Waals surface area contributed by atoms with Gasteiger partial charge >= 0.3 is 0 Å². The minimum atomic E-state index is 0. The highest BCUT2D eigenvalue weighted by Gasteiger charge is 1.96. The predicted octanol–water partition coefficient (Wildman–Crippen LogP) is -2.30. The van der Waals surface area contributed by atoms with Crippen LogP contribution in [0.25, 0.3) is 5.69 Å². The van der Waals surface area contributed by atoms with Crippen molar-refractivity contribution < 1.29 is 28.5 Å². The second-order valence-electron chi connectivity index (χ2n) is 2.69. The first-order valence-electron chi connectivity index (χ1n) is 3.80. The molecule has 0 amide bonds. The Labute approximate surface area is 94.1 Å². The third kappa shape index (κ3) is 2.27. The van der Waals surface area contributed by atoms with Crippen molar-refractivity contribution >= 4 is 0 Å². The van der Waals surface area contributed by atoms with E-state index in [-0.39, 0.29) is 24.0 Å². The van der Waals surface area contributed by atoms with Crippen molar-refractivity contribution in [2.24, 2.45) is 7.05 Å². The van der Waals surface area contributed by atoms with Gasteiger partial charge in [0, 0.05) is 24.5 Å². The number of aryl methyl sites for hydroxylation is 1. The topological polar surface area (TPSA) is 21.7 Å². The fourth-order valence-corrected chi connectivity index (χ4v) is 1.08. The Morgan fingerprint density at radius 1 is 1.31 bits per heavy atom. The first-order valence-corrected chi connectivity index (χ1v) is 3.80. The highest BCUT2D eigenvalue weighted by atomic mass is 127. The Morgan fingerprint density at radius 3 is 2.54 bits per heavy atom. The maximum atomic E-state index is 3.98. The summed E-state index contributed by atoms with van der Waals surface area (Å²) in [5.74, 6) is 0. The van der Waals surface area contributed by atoms with E-state index in [1.54, 1.807) is 12.5 Å². The van der Waals surface area contributed by atoms with Gasteiger partial charge in [0.15, 0.2) is 12.4 Å². The molecule has 2 aromatic heterocycles. The first kappa shape index (κ1) is 10.2. The number of imidazole rings is 1. The van der Waals surface area contributed by atoms with Crippen molar-refractivity contribution in [2.75, 3.05) is 0 Å². The summed E-state index contributed by atoms with van der Waals surface area (Å²) in [7, 11) is 2.00. The van der Waals surface area contributed by atoms with E-state index >= 15 is 0 Å². The number of rotatable bonds is 1. The highest BCUT2D eigenvalue weighted by Crippen LogP contribution is 2.02. The second kappa shape index (κ2) is 4.36. The van der Waals surface area contributed by atoms with Crippen LogP contribution in [0, 0.1) is 0 Å². The van der Waals surface area contributed by atoms with Crippen LogP contribution in [0.15, 0.2) is 43.2 Å². The molecule has 0 aliphatic heterocycles. The molecule has 3 nitrogen and oxygen atoms in total. The lowest BCUT2D eigenvalue weighted by Gasteiger charge is -1.97. The lowest BCUT2D eigenvalue weighted by atomic mass is 10.4. The average molecular weight is 287 g/mol. The van der Waals surface area contributed by atoms with Crippen molar-refractivity contribution in [3.05, 3.63) is 43.2 Å². The largest absolute Gasteiger partial charge is 1.00 e. The first-order chi connectivity index (χ1) is 5.86. The smallest absolute Gasteiger partial charge is 0.170 e. The second-order valence-corrected chi connectivity index (χ2v) is 2.69. The summed E-state index contributed by atoms with van der Waals surface area (Å²) in [5.41, 5.74) is 1.13. The molecule has 2 rings (SSSR count). The third-order valence-electron chi connectivity index (χ3n) is 1.76. The van der Waals surface area contributed by atoms with Crippen LogP contribution >= 0.6 is 0 Å². The molecule has 0 unspecified atom stereocenters. The number of halogens is 1. The monoisotopic (exact) mass is 287 g/mol. The minimum Gasteiger partial charge on any atom is -1.00 e. The van der Waals surface area contributed by atoms with Gasteiger partial charge in [0.1, 0.15) is 7.05 Å². The lowest BCUT2D eigenvalue weighted by Crippen LogP contribution is -3.00. The Balaban J connectivity index is 0.000000845. The molecule has 4 heteroatoms. The maximum Gasteiger partial charge on any atom is 0.170 e. The summed E-state index contributed by atoms with van der Waals surface area (Å²) in [5, 5.41) is 0. The molecule has 0 fully saturated rings. The Bertz CT molecular complexity index is 353. The van der Waals surface area contributed by atoms with Crippen LogP contribution in [0.4, 0.5) is 0 Å². The van der Waals surface area contributed by atoms with E-state index in [0.29, 0.717) is 0 Å². The Kier molecular flexibility index (Phi) is 3.41. The maximum absolute atomic E-state index is 3.98. The lowest BCUT2D eigenvalue weighted by molar-refractivity contribution is -0.671. The highest BCUT2D eigenvalue weighted by molar-refractivity contribution is 5.26. The summed E-state index contributed by atoms with van der Waals surface area (Å²) in [6.07, 6.45) is 9.50. The molecule has 0 aliphatic carbocycles. The van der Waals surface area contributed by atoms with Crippen molar-refractivity contribution in [1.29, 1.82) is 0 Å². The van der Waals surface area contributed by atoms with E-state index in [4.69, 9.17) is 0 Å². The molecule has 0 saturated carbocycles. The number of hydrogen-bond donors (Lipinski definition) is 0. The average Bonchev–Trinajstić information content (AvgIpc) is 2.58. The molecule has 0 saturated heterocycles. The van der Waals surface area contributed by atoms with E-state index in [1.165, 1.54) is 0 Å². The van der Waals surface area contributed by atoms with E-state index in [9.17, 15) is 0 Å². The van der Waals surface area contributed by atoms with E-state index < -0.39 is 0 Å². The number of nitrogens with zero attached hydrogens (tertiary/aromatic N) is 3. The van der Waals surface area contributed by atoms with Gasteiger partial charge in [-0.3, -0.25) is 0 Å². The molecule has 0 atom stereocenters. The zero-order chi connectivity index (χ0) is 8.39. The molecule has 2 aromatic rings. The van der Waals surface area contributed by atoms with Crippen LogP contribution < -0.4 is 28.5 Å². The van der Waals surface area contributed by atoms with Crippen LogP contribution in [0.3, 0.4) is 0 Å². The van der Waals surface area contributed by atoms with Crippen LogP contribution in [0.5, 0.6) is 0 Å². The van der Waals surface area contributed by atoms with Crippen LogP contribution in [0.2, 0.25) is 0 Å². The van der Waals surface area contributed by atoms with Gasteiger partial charge in [-0.15, -0.1) is 0 Å². The summed E-state index contributed by atoms with van der Waals surface area (Å²) >= 11 is 0. The van der Waals surface area contributed by atoms with E-state index in [2.05, 4.69) is 4.98 Å². The van der Waals surface area contributed by atoms with Crippen molar-refractivity contribution in [3.63, 3.8) is 0 Å². The normalized spacial score (nSPS) is 9.31. The van der Waals surface area contributed by atoms with Crippen LogP contribution in [-0.4, -0.2) is 9.55 Å². The predicted molar refractivity (Wildman–Crippen MR) is 44.7 cm³/mol. The van der Waals surface area contributed by atoms with Crippen LogP contribution in [-0.2, 0) is 7.05 Å². The molecule has 0 aliphatic rings. The molecule has 0 aromatic carbocycles. The quantitative estimate of drug-likeness (QED) is 0.427. The van der Waals surface area contributed by atoms with Gasteiger partial charge in [0.05, 0.1) is 12.0 Å². The summed E-state index contributed by atoms with van der Waals surface area (Å²) in [6.45, 7) is 0. The number of pyridine rings is 1. The summed E-state index contributed by atoms with van der Waals surface area (Å²) in [6, 6.07) is 4.09. The zero-order valence-corrected chi connectivity index (χ0v) is 9.42. The molecule has 0 bridgehead atoms. The van der Waals surface area contributed by atoms with E-state index in [0.717, 1.165) is 5.69 Å². The number of aromatic nitrogens is 3. The molecule has 68 valence electrons. The molecular formula is C9H10IN3. The zero-order valence-electron chi connectivity index (χ0n) is 7.26. The molecule has 0 spiro atoms. The van der Waals surface area contributed by atoms with Gasteiger partial charge in [-0.1, -0.05) is 0 Å². The van der Waals surface area contributed by atoms with Gasteiger partial charge in [-0.25, -0.2) is 9.55 Å². The van der Waals surface area contributed by atoms with E-state index in [1.807, 2.05) is 46.9 Å². The van der Waals surface area contributed by atoms with Crippen molar-refractivity contribution in [3.8, 4) is 5.69 Å².